The SMILES string of the molecule is CCc1cc(OC2CC(Br)C2(CC)CC)ccc1Cl. The number of alkyl halides is 1. The third kappa shape index (κ3) is 2.67. The van der Waals surface area contributed by atoms with Gasteiger partial charge in [-0.3, -0.25) is 0 Å². The first-order valence-corrected chi connectivity index (χ1v) is 8.45. The Morgan fingerprint density at radius 1 is 1.32 bits per heavy atom. The number of hydrogen-bond acceptors (Lipinski definition) is 1. The van der Waals surface area contributed by atoms with Gasteiger partial charge in [0.1, 0.15) is 11.9 Å². The van der Waals surface area contributed by atoms with Gasteiger partial charge in [-0.05, 0) is 49.4 Å². The van der Waals surface area contributed by atoms with Crippen LogP contribution in [0.25, 0.3) is 0 Å². The Morgan fingerprint density at radius 2 is 2.00 bits per heavy atom. The van der Waals surface area contributed by atoms with Gasteiger partial charge in [-0.2, -0.15) is 0 Å². The molecular weight excluding hydrogens is 324 g/mol. The molecule has 0 spiro atoms. The van der Waals surface area contributed by atoms with Gasteiger partial charge in [0.15, 0.2) is 0 Å². The Kier molecular flexibility index (Phi) is 4.84. The second kappa shape index (κ2) is 6.05. The molecule has 106 valence electrons. The maximum Gasteiger partial charge on any atom is 0.120 e. The summed E-state index contributed by atoms with van der Waals surface area (Å²) in [5.41, 5.74) is 1.44. The summed E-state index contributed by atoms with van der Waals surface area (Å²) in [6.07, 6.45) is 4.65. The fourth-order valence-electron chi connectivity index (χ4n) is 3.07. The minimum Gasteiger partial charge on any atom is -0.490 e. The van der Waals surface area contributed by atoms with Crippen LogP contribution in [0.2, 0.25) is 5.02 Å². The molecule has 1 aliphatic carbocycles. The Labute approximate surface area is 129 Å². The quantitative estimate of drug-likeness (QED) is 0.629. The molecule has 1 nitrogen and oxygen atoms in total. The third-order valence-corrected chi connectivity index (χ3v) is 6.33. The molecule has 0 aliphatic heterocycles. The van der Waals surface area contributed by atoms with E-state index >= 15 is 0 Å². The fourth-order valence-corrected chi connectivity index (χ4v) is 4.61. The number of rotatable bonds is 5. The molecule has 0 heterocycles. The van der Waals surface area contributed by atoms with E-state index in [-0.39, 0.29) is 5.41 Å². The van der Waals surface area contributed by atoms with Crippen LogP contribution in [0.1, 0.15) is 45.6 Å². The zero-order valence-electron chi connectivity index (χ0n) is 11.9. The lowest BCUT2D eigenvalue weighted by Crippen LogP contribution is -2.56. The van der Waals surface area contributed by atoms with Crippen molar-refractivity contribution in [2.45, 2.75) is 57.4 Å². The lowest BCUT2D eigenvalue weighted by molar-refractivity contribution is -0.0411. The van der Waals surface area contributed by atoms with Gasteiger partial charge in [-0.1, -0.05) is 48.3 Å². The summed E-state index contributed by atoms with van der Waals surface area (Å²) < 4.78 is 6.23. The summed E-state index contributed by atoms with van der Waals surface area (Å²) in [7, 11) is 0. The van der Waals surface area contributed by atoms with Crippen LogP contribution in [0, 0.1) is 5.41 Å². The van der Waals surface area contributed by atoms with Gasteiger partial charge in [-0.15, -0.1) is 0 Å². The van der Waals surface area contributed by atoms with Crippen molar-refractivity contribution in [2.75, 3.05) is 0 Å². The lowest BCUT2D eigenvalue weighted by Gasteiger charge is -2.52. The summed E-state index contributed by atoms with van der Waals surface area (Å²) in [4.78, 5) is 0.581. The maximum absolute atomic E-state index is 6.23. The van der Waals surface area contributed by atoms with Crippen molar-refractivity contribution in [3.63, 3.8) is 0 Å². The molecule has 0 radical (unpaired) electrons. The van der Waals surface area contributed by atoms with Crippen molar-refractivity contribution in [3.05, 3.63) is 28.8 Å². The molecule has 1 saturated carbocycles. The van der Waals surface area contributed by atoms with Crippen LogP contribution in [-0.4, -0.2) is 10.9 Å². The molecule has 1 fully saturated rings. The van der Waals surface area contributed by atoms with Crippen molar-refractivity contribution in [2.24, 2.45) is 5.41 Å². The summed E-state index contributed by atoms with van der Waals surface area (Å²) in [5.74, 6) is 0.955. The molecular formula is C16H22BrClO. The van der Waals surface area contributed by atoms with Crippen molar-refractivity contribution < 1.29 is 4.74 Å². The number of ether oxygens (including phenoxy) is 1. The topological polar surface area (TPSA) is 9.23 Å². The minimum atomic E-state index is 0.284. The predicted octanol–water partition coefficient (Wildman–Crippen LogP) is 5.62. The molecule has 1 aromatic carbocycles. The monoisotopic (exact) mass is 344 g/mol. The van der Waals surface area contributed by atoms with E-state index in [9.17, 15) is 0 Å². The molecule has 1 aromatic rings. The largest absolute Gasteiger partial charge is 0.490 e. The van der Waals surface area contributed by atoms with Crippen molar-refractivity contribution in [1.82, 2.24) is 0 Å². The van der Waals surface area contributed by atoms with Crippen LogP contribution in [0.15, 0.2) is 18.2 Å². The first kappa shape index (κ1) is 15.2. The first-order valence-electron chi connectivity index (χ1n) is 7.16. The van der Waals surface area contributed by atoms with Crippen molar-refractivity contribution in [1.29, 1.82) is 0 Å². The van der Waals surface area contributed by atoms with E-state index in [4.69, 9.17) is 16.3 Å². The summed E-state index contributed by atoms with van der Waals surface area (Å²) in [6.45, 7) is 6.63. The number of benzene rings is 1. The van der Waals surface area contributed by atoms with Gasteiger partial charge in [0.2, 0.25) is 0 Å². The molecule has 1 aliphatic rings. The van der Waals surface area contributed by atoms with E-state index < -0.39 is 0 Å². The second-order valence-corrected chi connectivity index (χ2v) is 6.87. The van der Waals surface area contributed by atoms with Gasteiger partial charge in [0, 0.05) is 15.3 Å². The molecule has 0 saturated heterocycles. The van der Waals surface area contributed by atoms with Crippen LogP contribution in [0.4, 0.5) is 0 Å². The molecule has 2 rings (SSSR count). The molecule has 0 amide bonds. The van der Waals surface area contributed by atoms with Crippen LogP contribution >= 0.6 is 27.5 Å². The van der Waals surface area contributed by atoms with Gasteiger partial charge in [0.05, 0.1) is 0 Å². The smallest absolute Gasteiger partial charge is 0.120 e. The first-order chi connectivity index (χ1) is 9.07. The number of halogens is 2. The van der Waals surface area contributed by atoms with Gasteiger partial charge in [0.25, 0.3) is 0 Å². The zero-order chi connectivity index (χ0) is 14.0. The highest BCUT2D eigenvalue weighted by Gasteiger charge is 2.53. The van der Waals surface area contributed by atoms with Gasteiger partial charge < -0.3 is 4.74 Å². The Balaban J connectivity index is 2.14. The van der Waals surface area contributed by atoms with E-state index in [1.165, 1.54) is 0 Å². The standard InChI is InChI=1S/C16H22BrClO/c1-4-11-9-12(7-8-13(11)18)19-15-10-14(17)16(15,5-2)6-3/h7-9,14-15H,4-6,10H2,1-3H3. The number of hydrogen-bond donors (Lipinski definition) is 0. The Morgan fingerprint density at radius 3 is 2.53 bits per heavy atom. The third-order valence-electron chi connectivity index (χ3n) is 4.68. The van der Waals surface area contributed by atoms with Crippen LogP contribution in [0.5, 0.6) is 5.75 Å². The Hall–Kier alpha value is -0.210. The molecule has 0 N–H and O–H groups in total. The summed E-state index contributed by atoms with van der Waals surface area (Å²) >= 11 is 9.95. The predicted molar refractivity (Wildman–Crippen MR) is 85.6 cm³/mol. The molecule has 0 bridgehead atoms. The molecule has 0 aromatic heterocycles. The van der Waals surface area contributed by atoms with Crippen LogP contribution in [0.3, 0.4) is 0 Å². The lowest BCUT2D eigenvalue weighted by atomic mass is 9.62. The zero-order valence-corrected chi connectivity index (χ0v) is 14.2. The highest BCUT2D eigenvalue weighted by molar-refractivity contribution is 9.09. The highest BCUT2D eigenvalue weighted by Crippen LogP contribution is 2.52. The van der Waals surface area contributed by atoms with E-state index in [2.05, 4.69) is 42.8 Å². The van der Waals surface area contributed by atoms with E-state index in [1.54, 1.807) is 0 Å². The molecule has 19 heavy (non-hydrogen) atoms. The summed E-state index contributed by atoms with van der Waals surface area (Å²) in [5, 5.41) is 0.832. The second-order valence-electron chi connectivity index (χ2n) is 5.36. The van der Waals surface area contributed by atoms with Crippen molar-refractivity contribution >= 4 is 27.5 Å². The molecule has 3 heteroatoms. The van der Waals surface area contributed by atoms with Gasteiger partial charge >= 0.3 is 0 Å². The summed E-state index contributed by atoms with van der Waals surface area (Å²) in [6, 6.07) is 6.01. The molecule has 2 atom stereocenters. The molecule has 2 unspecified atom stereocenters. The van der Waals surface area contributed by atoms with Gasteiger partial charge in [-0.25, -0.2) is 0 Å². The number of aryl methyl sites for hydroxylation is 1. The minimum absolute atomic E-state index is 0.284. The van der Waals surface area contributed by atoms with Crippen LogP contribution in [-0.2, 0) is 6.42 Å². The Bertz CT molecular complexity index is 442. The fraction of sp³-hybridized carbons (Fsp3) is 0.625. The average molecular weight is 346 g/mol. The van der Waals surface area contributed by atoms with E-state index in [0.29, 0.717) is 10.9 Å². The maximum atomic E-state index is 6.23. The highest BCUT2D eigenvalue weighted by atomic mass is 79.9. The van der Waals surface area contributed by atoms with Crippen LogP contribution < -0.4 is 4.74 Å². The van der Waals surface area contributed by atoms with E-state index in [1.807, 2.05) is 12.1 Å². The van der Waals surface area contributed by atoms with Crippen molar-refractivity contribution in [3.8, 4) is 5.75 Å². The normalized spacial score (nSPS) is 24.9. The average Bonchev–Trinajstić information content (AvgIpc) is 2.41. The van der Waals surface area contributed by atoms with E-state index in [0.717, 1.165) is 42.0 Å².